The molecule has 0 saturated carbocycles. The Balaban J connectivity index is 2.40. The molecule has 0 bridgehead atoms. The van der Waals surface area contributed by atoms with Gasteiger partial charge in [0.2, 0.25) is 10.0 Å². The molecule has 1 aliphatic heterocycles. The third-order valence-corrected chi connectivity index (χ3v) is 5.03. The molecule has 1 heterocycles. The summed E-state index contributed by atoms with van der Waals surface area (Å²) in [6.07, 6.45) is -2.61. The van der Waals surface area contributed by atoms with E-state index in [-0.39, 0.29) is 13.0 Å². The number of carboxylic acid groups (broad SMARTS) is 1. The van der Waals surface area contributed by atoms with Gasteiger partial charge in [0.1, 0.15) is 0 Å². The van der Waals surface area contributed by atoms with Crippen molar-refractivity contribution in [2.75, 3.05) is 13.2 Å². The second-order valence-corrected chi connectivity index (χ2v) is 6.64. The van der Waals surface area contributed by atoms with Crippen molar-refractivity contribution < 1.29 is 31.8 Å². The minimum atomic E-state index is -4.43. The number of ether oxygens (including phenoxy) is 1. The number of hydrogen-bond donors (Lipinski definition) is 2. The van der Waals surface area contributed by atoms with Gasteiger partial charge in [0.15, 0.2) is 5.54 Å². The van der Waals surface area contributed by atoms with E-state index >= 15 is 0 Å². The summed E-state index contributed by atoms with van der Waals surface area (Å²) in [5.41, 5.74) is -2.51. The van der Waals surface area contributed by atoms with E-state index in [2.05, 4.69) is 0 Å². The van der Waals surface area contributed by atoms with Crippen molar-refractivity contribution in [1.82, 2.24) is 4.72 Å². The second kappa shape index (κ2) is 6.27. The highest BCUT2D eigenvalue weighted by atomic mass is 32.2. The van der Waals surface area contributed by atoms with Gasteiger partial charge < -0.3 is 9.84 Å². The number of rotatable bonds is 5. The number of halogens is 2. The molecule has 6 nitrogen and oxygen atoms in total. The Morgan fingerprint density at radius 3 is 2.59 bits per heavy atom. The van der Waals surface area contributed by atoms with Gasteiger partial charge in [0.25, 0.3) is 6.43 Å². The lowest BCUT2D eigenvalue weighted by Gasteiger charge is -2.33. The zero-order chi connectivity index (χ0) is 16.4. The first-order chi connectivity index (χ1) is 10.3. The van der Waals surface area contributed by atoms with E-state index in [1.807, 2.05) is 4.72 Å². The van der Waals surface area contributed by atoms with Crippen LogP contribution in [0.1, 0.15) is 24.8 Å². The Labute approximate surface area is 126 Å². The quantitative estimate of drug-likeness (QED) is 0.851. The molecule has 0 aromatic heterocycles. The Kier molecular flexibility index (Phi) is 4.78. The molecule has 9 heteroatoms. The fourth-order valence-corrected chi connectivity index (χ4v) is 3.90. The average Bonchev–Trinajstić information content (AvgIpc) is 2.47. The molecular weight excluding hydrogens is 320 g/mol. The molecule has 0 amide bonds. The first kappa shape index (κ1) is 16.8. The van der Waals surface area contributed by atoms with Gasteiger partial charge in [-0.1, -0.05) is 18.2 Å². The van der Waals surface area contributed by atoms with Gasteiger partial charge >= 0.3 is 5.97 Å². The molecule has 1 unspecified atom stereocenters. The number of aliphatic carboxylic acids is 1. The van der Waals surface area contributed by atoms with Gasteiger partial charge in [-0.2, -0.15) is 4.72 Å². The molecule has 2 rings (SSSR count). The SMILES string of the molecule is O=C(O)C1(NS(=O)(=O)c2ccccc2C(F)F)CCCOC1. The van der Waals surface area contributed by atoms with E-state index in [9.17, 15) is 27.1 Å². The summed E-state index contributed by atoms with van der Waals surface area (Å²) in [6, 6.07) is 4.59. The fourth-order valence-electron chi connectivity index (χ4n) is 2.31. The Morgan fingerprint density at radius 1 is 1.36 bits per heavy atom. The molecule has 2 N–H and O–H groups in total. The third-order valence-electron chi connectivity index (χ3n) is 3.42. The molecule has 0 aliphatic carbocycles. The summed E-state index contributed by atoms with van der Waals surface area (Å²) in [7, 11) is -4.43. The Hall–Kier alpha value is -1.58. The van der Waals surface area contributed by atoms with Gasteiger partial charge in [0.05, 0.1) is 11.5 Å². The summed E-state index contributed by atoms with van der Waals surface area (Å²) in [5.74, 6) is -1.40. The minimum Gasteiger partial charge on any atom is -0.480 e. The summed E-state index contributed by atoms with van der Waals surface area (Å²) in [5, 5.41) is 9.32. The van der Waals surface area contributed by atoms with E-state index in [4.69, 9.17) is 4.74 Å². The van der Waals surface area contributed by atoms with Gasteiger partial charge in [-0.25, -0.2) is 17.2 Å². The molecule has 1 saturated heterocycles. The van der Waals surface area contributed by atoms with Crippen molar-refractivity contribution in [2.24, 2.45) is 0 Å². The zero-order valence-electron chi connectivity index (χ0n) is 11.5. The number of carboxylic acids is 1. The third kappa shape index (κ3) is 3.26. The highest BCUT2D eigenvalue weighted by molar-refractivity contribution is 7.89. The van der Waals surface area contributed by atoms with Crippen molar-refractivity contribution in [3.05, 3.63) is 29.8 Å². The monoisotopic (exact) mass is 335 g/mol. The van der Waals surface area contributed by atoms with E-state index in [1.165, 1.54) is 12.1 Å². The summed E-state index contributed by atoms with van der Waals surface area (Å²) in [4.78, 5) is 10.8. The fraction of sp³-hybridized carbons (Fsp3) is 0.462. The summed E-state index contributed by atoms with van der Waals surface area (Å²) < 4.78 is 57.7. The molecule has 0 radical (unpaired) electrons. The van der Waals surface area contributed by atoms with Crippen molar-refractivity contribution in [3.8, 4) is 0 Å². The van der Waals surface area contributed by atoms with Gasteiger partial charge in [-0.3, -0.25) is 4.79 Å². The van der Waals surface area contributed by atoms with Crippen LogP contribution in [0.2, 0.25) is 0 Å². The van der Waals surface area contributed by atoms with Crippen LogP contribution < -0.4 is 4.72 Å². The molecule has 1 atom stereocenters. The van der Waals surface area contributed by atoms with E-state index in [1.54, 1.807) is 0 Å². The predicted molar refractivity (Wildman–Crippen MR) is 72.1 cm³/mol. The predicted octanol–water partition coefficient (Wildman–Crippen LogP) is 1.54. The number of sulfonamides is 1. The van der Waals surface area contributed by atoms with Crippen molar-refractivity contribution in [3.63, 3.8) is 0 Å². The van der Waals surface area contributed by atoms with Crippen LogP contribution >= 0.6 is 0 Å². The summed E-state index contributed by atoms with van der Waals surface area (Å²) >= 11 is 0. The maximum atomic E-state index is 13.0. The van der Waals surface area contributed by atoms with Crippen LogP contribution in [0, 0.1) is 0 Å². The Morgan fingerprint density at radius 2 is 2.05 bits per heavy atom. The smallest absolute Gasteiger partial charge is 0.327 e. The van der Waals surface area contributed by atoms with Crippen LogP contribution in [0.25, 0.3) is 0 Å². The van der Waals surface area contributed by atoms with Crippen LogP contribution in [0.5, 0.6) is 0 Å². The number of carbonyl (C=O) groups is 1. The normalized spacial score (nSPS) is 22.7. The van der Waals surface area contributed by atoms with E-state index in [0.29, 0.717) is 13.0 Å². The lowest BCUT2D eigenvalue weighted by molar-refractivity contribution is -0.149. The molecule has 122 valence electrons. The highest BCUT2D eigenvalue weighted by Gasteiger charge is 2.44. The van der Waals surface area contributed by atoms with Gasteiger partial charge in [-0.15, -0.1) is 0 Å². The Bertz CT molecular complexity index is 656. The second-order valence-electron chi connectivity index (χ2n) is 4.99. The van der Waals surface area contributed by atoms with Crippen LogP contribution in [0.4, 0.5) is 8.78 Å². The molecule has 0 spiro atoms. The number of nitrogens with one attached hydrogen (secondary N) is 1. The van der Waals surface area contributed by atoms with Crippen molar-refractivity contribution in [2.45, 2.75) is 29.7 Å². The van der Waals surface area contributed by atoms with E-state index < -0.39 is 38.4 Å². The largest absolute Gasteiger partial charge is 0.480 e. The minimum absolute atomic E-state index is 0.0262. The lowest BCUT2D eigenvalue weighted by Crippen LogP contribution is -2.59. The molecule has 1 aromatic carbocycles. The first-order valence-corrected chi connectivity index (χ1v) is 7.99. The molecule has 22 heavy (non-hydrogen) atoms. The first-order valence-electron chi connectivity index (χ1n) is 6.51. The van der Waals surface area contributed by atoms with Gasteiger partial charge in [-0.05, 0) is 18.9 Å². The molecule has 1 aromatic rings. The van der Waals surface area contributed by atoms with Crippen LogP contribution in [0.3, 0.4) is 0 Å². The van der Waals surface area contributed by atoms with Crippen LogP contribution in [-0.2, 0) is 19.6 Å². The molecular formula is C13H15F2NO5S. The maximum absolute atomic E-state index is 13.0. The standard InChI is InChI=1S/C13H15F2NO5S/c14-11(15)9-4-1-2-5-10(9)22(19,20)16-13(12(17)18)6-3-7-21-8-13/h1-2,4-5,11,16H,3,6-8H2,(H,17,18). The van der Waals surface area contributed by atoms with E-state index in [0.717, 1.165) is 12.1 Å². The van der Waals surface area contributed by atoms with Crippen molar-refractivity contribution in [1.29, 1.82) is 0 Å². The zero-order valence-corrected chi connectivity index (χ0v) is 12.3. The molecule has 1 aliphatic rings. The van der Waals surface area contributed by atoms with Crippen LogP contribution in [-0.4, -0.2) is 38.2 Å². The topological polar surface area (TPSA) is 92.7 Å². The number of hydrogen-bond acceptors (Lipinski definition) is 4. The lowest BCUT2D eigenvalue weighted by atomic mass is 9.94. The van der Waals surface area contributed by atoms with Gasteiger partial charge in [0, 0.05) is 12.2 Å². The summed E-state index contributed by atoms with van der Waals surface area (Å²) in [6.45, 7) is -0.0250. The number of benzene rings is 1. The average molecular weight is 335 g/mol. The van der Waals surface area contributed by atoms with Crippen molar-refractivity contribution >= 4 is 16.0 Å². The maximum Gasteiger partial charge on any atom is 0.327 e. The number of alkyl halides is 2. The molecule has 1 fully saturated rings. The highest BCUT2D eigenvalue weighted by Crippen LogP contribution is 2.28. The van der Waals surface area contributed by atoms with Crippen LogP contribution in [0.15, 0.2) is 29.2 Å².